The van der Waals surface area contributed by atoms with Crippen LogP contribution in [0.2, 0.25) is 0 Å². The monoisotopic (exact) mass is 369 g/mol. The summed E-state index contributed by atoms with van der Waals surface area (Å²) in [6, 6.07) is 8.36. The Morgan fingerprint density at radius 3 is 2.81 bits per heavy atom. The molecule has 2 amide bonds. The van der Waals surface area contributed by atoms with Crippen LogP contribution in [-0.2, 0) is 6.42 Å². The van der Waals surface area contributed by atoms with Crippen molar-refractivity contribution in [3.05, 3.63) is 41.0 Å². The fraction of sp³-hybridized carbons (Fsp3) is 0.368. The maximum Gasteiger partial charge on any atom is 0.323 e. The van der Waals surface area contributed by atoms with Crippen LogP contribution in [0.15, 0.2) is 30.5 Å². The molecule has 0 bridgehead atoms. The van der Waals surface area contributed by atoms with Gasteiger partial charge in [-0.05, 0) is 31.5 Å². The lowest BCUT2D eigenvalue weighted by atomic mass is 10.2. The van der Waals surface area contributed by atoms with E-state index in [2.05, 4.69) is 51.4 Å². The molecule has 7 heteroatoms. The van der Waals surface area contributed by atoms with Crippen molar-refractivity contribution in [2.24, 2.45) is 0 Å². The maximum absolute atomic E-state index is 12.5. The SMILES string of the molecule is CCc1nc(NC(=O)N2CCN(c3cccc4[nH]ccc34)CC2)sc1C. The molecular weight excluding hydrogens is 346 g/mol. The summed E-state index contributed by atoms with van der Waals surface area (Å²) in [4.78, 5) is 25.7. The number of benzene rings is 1. The summed E-state index contributed by atoms with van der Waals surface area (Å²) in [5.41, 5.74) is 3.44. The molecule has 0 radical (unpaired) electrons. The molecule has 0 spiro atoms. The zero-order valence-electron chi connectivity index (χ0n) is 15.1. The first-order chi connectivity index (χ1) is 12.7. The second-order valence-electron chi connectivity index (χ2n) is 6.50. The average molecular weight is 369 g/mol. The highest BCUT2D eigenvalue weighted by molar-refractivity contribution is 7.15. The van der Waals surface area contributed by atoms with Crippen molar-refractivity contribution < 1.29 is 4.79 Å². The van der Waals surface area contributed by atoms with Crippen molar-refractivity contribution in [2.75, 3.05) is 36.4 Å². The number of amides is 2. The van der Waals surface area contributed by atoms with E-state index in [0.29, 0.717) is 18.2 Å². The zero-order valence-corrected chi connectivity index (χ0v) is 15.9. The van der Waals surface area contributed by atoms with Crippen LogP contribution in [0.5, 0.6) is 0 Å². The van der Waals surface area contributed by atoms with E-state index in [1.54, 1.807) is 11.3 Å². The normalized spacial score (nSPS) is 14.8. The number of anilines is 2. The van der Waals surface area contributed by atoms with Gasteiger partial charge in [-0.2, -0.15) is 0 Å². The number of nitrogens with zero attached hydrogens (tertiary/aromatic N) is 3. The lowest BCUT2D eigenvalue weighted by Crippen LogP contribution is -2.50. The molecule has 0 atom stereocenters. The number of H-pyrrole nitrogens is 1. The van der Waals surface area contributed by atoms with Crippen LogP contribution < -0.4 is 10.2 Å². The minimum atomic E-state index is -0.0547. The predicted molar refractivity (Wildman–Crippen MR) is 107 cm³/mol. The zero-order chi connectivity index (χ0) is 18.1. The fourth-order valence-corrected chi connectivity index (χ4v) is 4.37. The van der Waals surface area contributed by atoms with E-state index in [1.165, 1.54) is 16.0 Å². The number of carbonyl (C=O) groups excluding carboxylic acids is 1. The number of urea groups is 1. The lowest BCUT2D eigenvalue weighted by Gasteiger charge is -2.36. The summed E-state index contributed by atoms with van der Waals surface area (Å²) in [7, 11) is 0. The number of aromatic nitrogens is 2. The van der Waals surface area contributed by atoms with Gasteiger partial charge < -0.3 is 14.8 Å². The highest BCUT2D eigenvalue weighted by atomic mass is 32.1. The number of carbonyl (C=O) groups is 1. The van der Waals surface area contributed by atoms with Crippen LogP contribution >= 0.6 is 11.3 Å². The van der Waals surface area contributed by atoms with Gasteiger partial charge in [0, 0.05) is 53.8 Å². The van der Waals surface area contributed by atoms with Crippen LogP contribution in [0.3, 0.4) is 0 Å². The van der Waals surface area contributed by atoms with E-state index in [0.717, 1.165) is 30.7 Å². The molecule has 1 saturated heterocycles. The van der Waals surface area contributed by atoms with Gasteiger partial charge in [-0.15, -0.1) is 11.3 Å². The van der Waals surface area contributed by atoms with Crippen molar-refractivity contribution in [2.45, 2.75) is 20.3 Å². The Labute approximate surface area is 156 Å². The number of rotatable bonds is 3. The summed E-state index contributed by atoms with van der Waals surface area (Å²) in [5, 5.41) is 4.89. The third kappa shape index (κ3) is 3.14. The van der Waals surface area contributed by atoms with Gasteiger partial charge in [-0.1, -0.05) is 13.0 Å². The molecule has 1 fully saturated rings. The number of aromatic amines is 1. The third-order valence-corrected chi connectivity index (χ3v) is 5.85. The maximum atomic E-state index is 12.5. The summed E-state index contributed by atoms with van der Waals surface area (Å²) in [6.07, 6.45) is 2.86. The minimum Gasteiger partial charge on any atom is -0.367 e. The van der Waals surface area contributed by atoms with Gasteiger partial charge in [0.1, 0.15) is 0 Å². The Hall–Kier alpha value is -2.54. The first-order valence-electron chi connectivity index (χ1n) is 8.99. The second-order valence-corrected chi connectivity index (χ2v) is 7.70. The highest BCUT2D eigenvalue weighted by Crippen LogP contribution is 2.27. The first kappa shape index (κ1) is 16.9. The Balaban J connectivity index is 1.40. The van der Waals surface area contributed by atoms with Gasteiger partial charge in [0.2, 0.25) is 0 Å². The molecule has 0 unspecified atom stereocenters. The number of aryl methyl sites for hydroxylation is 2. The van der Waals surface area contributed by atoms with Crippen molar-refractivity contribution >= 4 is 39.1 Å². The molecule has 6 nitrogen and oxygen atoms in total. The third-order valence-electron chi connectivity index (χ3n) is 4.92. The van der Waals surface area contributed by atoms with Crippen LogP contribution in [0.25, 0.3) is 10.9 Å². The van der Waals surface area contributed by atoms with Gasteiger partial charge in [0.05, 0.1) is 5.69 Å². The molecule has 3 aromatic rings. The van der Waals surface area contributed by atoms with Gasteiger partial charge in [-0.25, -0.2) is 9.78 Å². The minimum absolute atomic E-state index is 0.0547. The second kappa shape index (κ2) is 6.99. The molecule has 136 valence electrons. The number of hydrogen-bond donors (Lipinski definition) is 2. The van der Waals surface area contributed by atoms with Crippen LogP contribution in [-0.4, -0.2) is 47.1 Å². The quantitative estimate of drug-likeness (QED) is 0.737. The molecular formula is C19H23N5OS. The smallest absolute Gasteiger partial charge is 0.323 e. The number of thiazole rings is 1. The Morgan fingerprint density at radius 2 is 2.08 bits per heavy atom. The predicted octanol–water partition coefficient (Wildman–Crippen LogP) is 3.85. The molecule has 2 N–H and O–H groups in total. The number of fused-ring (bicyclic) bond motifs is 1. The topological polar surface area (TPSA) is 64.3 Å². The van der Waals surface area contributed by atoms with Gasteiger partial charge in [-0.3, -0.25) is 5.32 Å². The summed E-state index contributed by atoms with van der Waals surface area (Å²) >= 11 is 1.55. The first-order valence-corrected chi connectivity index (χ1v) is 9.80. The highest BCUT2D eigenvalue weighted by Gasteiger charge is 2.23. The van der Waals surface area contributed by atoms with E-state index in [9.17, 15) is 4.79 Å². The Bertz CT molecular complexity index is 923. The Kier molecular flexibility index (Phi) is 4.55. The average Bonchev–Trinajstić information content (AvgIpc) is 3.27. The van der Waals surface area contributed by atoms with E-state index in [4.69, 9.17) is 0 Å². The number of nitrogens with one attached hydrogen (secondary N) is 2. The van der Waals surface area contributed by atoms with Gasteiger partial charge in [0.15, 0.2) is 5.13 Å². The van der Waals surface area contributed by atoms with E-state index < -0.39 is 0 Å². The van der Waals surface area contributed by atoms with Crippen molar-refractivity contribution in [1.29, 1.82) is 0 Å². The van der Waals surface area contributed by atoms with Gasteiger partial charge in [0.25, 0.3) is 0 Å². The van der Waals surface area contributed by atoms with Crippen molar-refractivity contribution in [3.63, 3.8) is 0 Å². The molecule has 0 saturated carbocycles. The van der Waals surface area contributed by atoms with E-state index >= 15 is 0 Å². The summed E-state index contributed by atoms with van der Waals surface area (Å²) in [5.74, 6) is 0. The van der Waals surface area contributed by atoms with Crippen LogP contribution in [0.1, 0.15) is 17.5 Å². The number of hydrogen-bond acceptors (Lipinski definition) is 4. The summed E-state index contributed by atoms with van der Waals surface area (Å²) in [6.45, 7) is 7.20. The largest absolute Gasteiger partial charge is 0.367 e. The van der Waals surface area contributed by atoms with E-state index in [-0.39, 0.29) is 6.03 Å². The molecule has 2 aromatic heterocycles. The standard InChI is InChI=1S/C19H23N5OS/c1-3-15-13(2)26-18(21-15)22-19(25)24-11-9-23(10-12-24)17-6-4-5-16-14(17)7-8-20-16/h4-8,20H,3,9-12H2,1-2H3,(H,21,22,25). The molecule has 1 aliphatic rings. The molecule has 0 aliphatic carbocycles. The molecule has 1 aromatic carbocycles. The van der Waals surface area contributed by atoms with Crippen molar-refractivity contribution in [1.82, 2.24) is 14.9 Å². The van der Waals surface area contributed by atoms with E-state index in [1.807, 2.05) is 18.0 Å². The molecule has 4 rings (SSSR count). The summed E-state index contributed by atoms with van der Waals surface area (Å²) < 4.78 is 0. The van der Waals surface area contributed by atoms with Crippen LogP contribution in [0.4, 0.5) is 15.6 Å². The number of piperazine rings is 1. The Morgan fingerprint density at radius 1 is 1.27 bits per heavy atom. The lowest BCUT2D eigenvalue weighted by molar-refractivity contribution is 0.208. The van der Waals surface area contributed by atoms with Gasteiger partial charge >= 0.3 is 6.03 Å². The molecule has 1 aliphatic heterocycles. The molecule has 3 heterocycles. The molecule has 26 heavy (non-hydrogen) atoms. The fourth-order valence-electron chi connectivity index (χ4n) is 3.48. The van der Waals surface area contributed by atoms with Crippen molar-refractivity contribution in [3.8, 4) is 0 Å². The van der Waals surface area contributed by atoms with Crippen LogP contribution in [0, 0.1) is 6.92 Å².